The van der Waals surface area contributed by atoms with Gasteiger partial charge in [0.1, 0.15) is 0 Å². The van der Waals surface area contributed by atoms with Crippen LogP contribution in [0.5, 0.6) is 0 Å². The largest absolute Gasteiger partial charge is 0.398 e. The molecule has 0 unspecified atom stereocenters. The number of hydrogen-bond acceptors (Lipinski definition) is 5. The summed E-state index contributed by atoms with van der Waals surface area (Å²) in [5.41, 5.74) is 8.06. The number of nitrogens with two attached hydrogens (primary N) is 1. The van der Waals surface area contributed by atoms with Crippen LogP contribution < -0.4 is 15.8 Å². The van der Waals surface area contributed by atoms with Crippen molar-refractivity contribution in [2.24, 2.45) is 10.7 Å². The predicted octanol–water partition coefficient (Wildman–Crippen LogP) is 2.59. The topological polar surface area (TPSA) is 96.6 Å². The van der Waals surface area contributed by atoms with Crippen LogP contribution >= 0.6 is 0 Å². The van der Waals surface area contributed by atoms with Gasteiger partial charge in [-0.05, 0) is 36.9 Å². The maximum Gasteiger partial charge on any atom is 0.213 e. The zero-order chi connectivity index (χ0) is 20.7. The molecule has 4 N–H and O–H groups in total. The van der Waals surface area contributed by atoms with Gasteiger partial charge in [0, 0.05) is 42.3 Å². The summed E-state index contributed by atoms with van der Waals surface area (Å²) in [5.74, 6) is -2.03. The van der Waals surface area contributed by atoms with Crippen LogP contribution in [0.25, 0.3) is 16.8 Å². The minimum absolute atomic E-state index is 0.0996. The standard InChI is InChI=1S/C19H22F2N4O2S/c1-23-9-8-17(22)15-12-13(14-4-3-5-16(20)19(14)21)6-7-18(15)25-10-11-28(26,27)24-2/h3-9,12,24-25H,10-11,22H2,1-2H3/b17-8-,23-9?. The highest BCUT2D eigenvalue weighted by molar-refractivity contribution is 7.89. The first kappa shape index (κ1) is 21.5. The van der Waals surface area contributed by atoms with Gasteiger partial charge in [0.15, 0.2) is 11.6 Å². The molecule has 0 aliphatic rings. The van der Waals surface area contributed by atoms with E-state index in [9.17, 15) is 17.2 Å². The zero-order valence-electron chi connectivity index (χ0n) is 15.5. The minimum atomic E-state index is -3.37. The normalized spacial score (nSPS) is 12.5. The molecule has 0 heterocycles. The molecule has 0 radical (unpaired) electrons. The third-order valence-electron chi connectivity index (χ3n) is 3.99. The molecular weight excluding hydrogens is 386 g/mol. The maximum atomic E-state index is 14.2. The minimum Gasteiger partial charge on any atom is -0.398 e. The van der Waals surface area contributed by atoms with E-state index in [0.717, 1.165) is 6.07 Å². The first-order chi connectivity index (χ1) is 13.3. The van der Waals surface area contributed by atoms with Crippen molar-refractivity contribution >= 4 is 27.6 Å². The number of benzene rings is 2. The maximum absolute atomic E-state index is 14.2. The van der Waals surface area contributed by atoms with Crippen LogP contribution in [-0.2, 0) is 10.0 Å². The van der Waals surface area contributed by atoms with Gasteiger partial charge in [-0.15, -0.1) is 0 Å². The molecule has 0 atom stereocenters. The molecule has 9 heteroatoms. The fraction of sp³-hybridized carbons (Fsp3) is 0.211. The van der Waals surface area contributed by atoms with E-state index in [1.54, 1.807) is 31.3 Å². The van der Waals surface area contributed by atoms with Crippen LogP contribution in [0.3, 0.4) is 0 Å². The highest BCUT2D eigenvalue weighted by Gasteiger charge is 2.14. The van der Waals surface area contributed by atoms with E-state index in [1.165, 1.54) is 25.4 Å². The summed E-state index contributed by atoms with van der Waals surface area (Å²) in [7, 11) is -0.441. The molecule has 2 aromatic rings. The number of aliphatic imine (C=N–C) groups is 1. The van der Waals surface area contributed by atoms with Gasteiger partial charge in [-0.1, -0.05) is 18.2 Å². The number of nitrogens with one attached hydrogen (secondary N) is 2. The van der Waals surface area contributed by atoms with Crippen LogP contribution in [-0.4, -0.2) is 41.0 Å². The first-order valence-corrected chi connectivity index (χ1v) is 10.1. The molecule has 2 rings (SSSR count). The molecule has 28 heavy (non-hydrogen) atoms. The zero-order valence-corrected chi connectivity index (χ0v) is 16.4. The summed E-state index contributed by atoms with van der Waals surface area (Å²) in [6, 6.07) is 8.80. The second kappa shape index (κ2) is 9.43. The van der Waals surface area contributed by atoms with Crippen molar-refractivity contribution in [1.82, 2.24) is 4.72 Å². The van der Waals surface area contributed by atoms with E-state index < -0.39 is 21.7 Å². The smallest absolute Gasteiger partial charge is 0.213 e. The Labute approximate surface area is 163 Å². The lowest BCUT2D eigenvalue weighted by atomic mass is 9.99. The average Bonchev–Trinajstić information content (AvgIpc) is 2.68. The molecule has 150 valence electrons. The molecule has 0 spiro atoms. The monoisotopic (exact) mass is 408 g/mol. The van der Waals surface area contributed by atoms with Crippen molar-refractivity contribution in [3.63, 3.8) is 0 Å². The molecule has 0 bridgehead atoms. The third-order valence-corrected chi connectivity index (χ3v) is 5.36. The molecule has 6 nitrogen and oxygen atoms in total. The Morgan fingerprint density at radius 3 is 2.68 bits per heavy atom. The SMILES string of the molecule is CN=C/C=C(\N)c1cc(-c2cccc(F)c2F)ccc1NCCS(=O)(=O)NC. The Bertz CT molecular complexity index is 1000. The Morgan fingerprint density at radius 2 is 2.00 bits per heavy atom. The molecule has 0 aliphatic heterocycles. The lowest BCUT2D eigenvalue weighted by molar-refractivity contribution is 0.511. The third kappa shape index (κ3) is 5.37. The van der Waals surface area contributed by atoms with Crippen molar-refractivity contribution in [2.45, 2.75) is 0 Å². The number of sulfonamides is 1. The van der Waals surface area contributed by atoms with Gasteiger partial charge < -0.3 is 11.1 Å². The fourth-order valence-electron chi connectivity index (χ4n) is 2.50. The van der Waals surface area contributed by atoms with Crippen LogP contribution in [0, 0.1) is 11.6 Å². The summed E-state index contributed by atoms with van der Waals surface area (Å²) in [6.45, 7) is 0.138. The molecule has 0 saturated carbocycles. The van der Waals surface area contributed by atoms with E-state index in [4.69, 9.17) is 5.73 Å². The average molecular weight is 408 g/mol. The van der Waals surface area contributed by atoms with Gasteiger partial charge >= 0.3 is 0 Å². The van der Waals surface area contributed by atoms with E-state index in [0.29, 0.717) is 22.5 Å². The van der Waals surface area contributed by atoms with Crippen molar-refractivity contribution in [3.8, 4) is 11.1 Å². The number of halogens is 2. The Morgan fingerprint density at radius 1 is 1.25 bits per heavy atom. The number of hydrogen-bond donors (Lipinski definition) is 3. The van der Waals surface area contributed by atoms with Gasteiger partial charge in [0.05, 0.1) is 5.75 Å². The van der Waals surface area contributed by atoms with Crippen LogP contribution in [0.1, 0.15) is 5.56 Å². The van der Waals surface area contributed by atoms with Crippen molar-refractivity contribution < 1.29 is 17.2 Å². The summed E-state index contributed by atoms with van der Waals surface area (Å²) in [6.07, 6.45) is 3.07. The van der Waals surface area contributed by atoms with Gasteiger partial charge in [-0.25, -0.2) is 21.9 Å². The second-order valence-electron chi connectivity index (χ2n) is 5.84. The number of rotatable bonds is 8. The van der Waals surface area contributed by atoms with E-state index in [2.05, 4.69) is 15.0 Å². The molecule has 0 saturated heterocycles. The van der Waals surface area contributed by atoms with Gasteiger partial charge in [-0.2, -0.15) is 0 Å². The van der Waals surface area contributed by atoms with Crippen LogP contribution in [0.15, 0.2) is 47.5 Å². The molecule has 0 fully saturated rings. The van der Waals surface area contributed by atoms with Crippen LogP contribution in [0.4, 0.5) is 14.5 Å². The highest BCUT2D eigenvalue weighted by atomic mass is 32.2. The molecule has 0 aliphatic carbocycles. The van der Waals surface area contributed by atoms with Crippen molar-refractivity contribution in [1.29, 1.82) is 0 Å². The fourth-order valence-corrected chi connectivity index (χ4v) is 3.07. The second-order valence-corrected chi connectivity index (χ2v) is 7.89. The number of nitrogens with zero attached hydrogens (tertiary/aromatic N) is 1. The van der Waals surface area contributed by atoms with Crippen LogP contribution in [0.2, 0.25) is 0 Å². The first-order valence-electron chi connectivity index (χ1n) is 8.41. The molecular formula is C19H22F2N4O2S. The Balaban J connectivity index is 2.44. The quantitative estimate of drug-likeness (QED) is 0.585. The van der Waals surface area contributed by atoms with E-state index >= 15 is 0 Å². The summed E-state index contributed by atoms with van der Waals surface area (Å²) in [4.78, 5) is 3.84. The van der Waals surface area contributed by atoms with Crippen molar-refractivity contribution in [3.05, 3.63) is 59.7 Å². The van der Waals surface area contributed by atoms with Gasteiger partial charge in [0.25, 0.3) is 0 Å². The summed E-state index contributed by atoms with van der Waals surface area (Å²) in [5, 5.41) is 3.01. The predicted molar refractivity (Wildman–Crippen MR) is 110 cm³/mol. The van der Waals surface area contributed by atoms with Gasteiger partial charge in [-0.3, -0.25) is 4.99 Å². The molecule has 2 aromatic carbocycles. The Hall–Kier alpha value is -2.78. The number of allylic oxidation sites excluding steroid dienone is 1. The molecule has 0 amide bonds. The number of anilines is 1. The van der Waals surface area contributed by atoms with Gasteiger partial charge in [0.2, 0.25) is 10.0 Å². The Kier molecular flexibility index (Phi) is 7.24. The van der Waals surface area contributed by atoms with E-state index in [1.807, 2.05) is 0 Å². The highest BCUT2D eigenvalue weighted by Crippen LogP contribution is 2.30. The lowest BCUT2D eigenvalue weighted by Crippen LogP contribution is -2.26. The lowest BCUT2D eigenvalue weighted by Gasteiger charge is -2.15. The molecule has 0 aromatic heterocycles. The summed E-state index contributed by atoms with van der Waals surface area (Å²) >= 11 is 0. The van der Waals surface area contributed by atoms with Crippen molar-refractivity contribution in [2.75, 3.05) is 31.7 Å². The van der Waals surface area contributed by atoms with E-state index in [-0.39, 0.29) is 17.9 Å². The summed E-state index contributed by atoms with van der Waals surface area (Å²) < 4.78 is 53.1.